The standard InChI is InChI=1S/C21H16F3N5O3/c22-11-2-4-14(5-3-11)29(15-9-12(23)8-13(24)10-15)17-18(30)16(19(17)31)27-28-21(32)20-25-6-1-7-26-20/h1-10,16-19,27H,(H,28,32)/q-2. The van der Waals surface area contributed by atoms with Gasteiger partial charge < -0.3 is 15.1 Å². The van der Waals surface area contributed by atoms with Crippen molar-refractivity contribution in [3.05, 3.63) is 84.2 Å². The Hall–Kier alpha value is -3.54. The van der Waals surface area contributed by atoms with E-state index in [4.69, 9.17) is 0 Å². The van der Waals surface area contributed by atoms with E-state index >= 15 is 0 Å². The van der Waals surface area contributed by atoms with Gasteiger partial charge in [0, 0.05) is 41.9 Å². The molecule has 0 saturated heterocycles. The van der Waals surface area contributed by atoms with E-state index in [0.717, 1.165) is 24.3 Å². The molecule has 1 heterocycles. The van der Waals surface area contributed by atoms with E-state index in [2.05, 4.69) is 20.8 Å². The first-order chi connectivity index (χ1) is 15.3. The van der Waals surface area contributed by atoms with Crippen molar-refractivity contribution in [2.45, 2.75) is 24.3 Å². The second-order valence-corrected chi connectivity index (χ2v) is 7.09. The van der Waals surface area contributed by atoms with E-state index in [9.17, 15) is 28.2 Å². The summed E-state index contributed by atoms with van der Waals surface area (Å²) in [7, 11) is 0. The molecule has 166 valence electrons. The van der Waals surface area contributed by atoms with E-state index in [1.54, 1.807) is 0 Å². The minimum atomic E-state index is -1.59. The number of hydrogen-bond donors (Lipinski definition) is 2. The molecule has 1 saturated carbocycles. The normalized spacial score (nSPS) is 22.2. The molecule has 1 aliphatic rings. The van der Waals surface area contributed by atoms with Gasteiger partial charge in [0.05, 0.1) is 0 Å². The summed E-state index contributed by atoms with van der Waals surface area (Å²) in [5.41, 5.74) is 4.76. The van der Waals surface area contributed by atoms with Gasteiger partial charge in [-0.1, -0.05) is 12.2 Å². The molecule has 1 fully saturated rings. The van der Waals surface area contributed by atoms with Gasteiger partial charge in [0.2, 0.25) is 5.82 Å². The second kappa shape index (κ2) is 8.91. The van der Waals surface area contributed by atoms with Gasteiger partial charge >= 0.3 is 5.91 Å². The molecule has 8 nitrogen and oxygen atoms in total. The Bertz CT molecular complexity index is 1070. The molecule has 1 aromatic heterocycles. The molecular formula is C21H16F3N5O3-2. The van der Waals surface area contributed by atoms with Crippen LogP contribution < -0.4 is 26.0 Å². The van der Waals surface area contributed by atoms with Crippen LogP contribution in [0.1, 0.15) is 10.6 Å². The van der Waals surface area contributed by atoms with Gasteiger partial charge in [-0.25, -0.2) is 28.6 Å². The smallest absolute Gasteiger partial charge is 0.303 e. The molecule has 1 amide bonds. The molecule has 32 heavy (non-hydrogen) atoms. The fourth-order valence-electron chi connectivity index (χ4n) is 3.51. The van der Waals surface area contributed by atoms with Crippen molar-refractivity contribution < 1.29 is 28.2 Å². The van der Waals surface area contributed by atoms with Crippen molar-refractivity contribution in [1.29, 1.82) is 0 Å². The number of aromatic nitrogens is 2. The van der Waals surface area contributed by atoms with Gasteiger partial charge in [0.25, 0.3) is 0 Å². The first-order valence-corrected chi connectivity index (χ1v) is 9.50. The largest absolute Gasteiger partial charge is 0.849 e. The summed E-state index contributed by atoms with van der Waals surface area (Å²) in [6.07, 6.45) is -0.476. The summed E-state index contributed by atoms with van der Waals surface area (Å²) < 4.78 is 41.1. The van der Waals surface area contributed by atoms with Crippen LogP contribution in [-0.2, 0) is 0 Å². The van der Waals surface area contributed by atoms with E-state index in [1.165, 1.54) is 35.5 Å². The average Bonchev–Trinajstić information content (AvgIpc) is 2.78. The van der Waals surface area contributed by atoms with Crippen molar-refractivity contribution in [3.8, 4) is 0 Å². The lowest BCUT2D eigenvalue weighted by Crippen LogP contribution is -2.83. The quantitative estimate of drug-likeness (QED) is 0.522. The molecule has 2 N–H and O–H groups in total. The molecule has 2 atom stereocenters. The predicted molar refractivity (Wildman–Crippen MR) is 103 cm³/mol. The Morgan fingerprint density at radius 3 is 2.06 bits per heavy atom. The number of carbonyl (C=O) groups is 1. The Balaban J connectivity index is 1.56. The molecule has 0 bridgehead atoms. The van der Waals surface area contributed by atoms with Crippen LogP contribution in [0, 0.1) is 17.5 Å². The first kappa shape index (κ1) is 21.7. The van der Waals surface area contributed by atoms with Gasteiger partial charge in [-0.05, 0) is 42.5 Å². The topological polar surface area (TPSA) is 116 Å². The second-order valence-electron chi connectivity index (χ2n) is 7.09. The van der Waals surface area contributed by atoms with Gasteiger partial charge in [-0.15, -0.1) is 0 Å². The molecule has 2 unspecified atom stereocenters. The highest BCUT2D eigenvalue weighted by Crippen LogP contribution is 2.36. The number of nitrogens with zero attached hydrogens (tertiary/aromatic N) is 3. The van der Waals surface area contributed by atoms with Crippen LogP contribution in [0.4, 0.5) is 24.5 Å². The maximum absolute atomic E-state index is 13.8. The summed E-state index contributed by atoms with van der Waals surface area (Å²) >= 11 is 0. The molecule has 11 heteroatoms. The minimum absolute atomic E-state index is 0.0685. The van der Waals surface area contributed by atoms with Crippen molar-refractivity contribution >= 4 is 17.3 Å². The number of nitrogens with one attached hydrogen (secondary N) is 2. The van der Waals surface area contributed by atoms with E-state index in [1.807, 2.05) is 0 Å². The molecule has 1 aliphatic carbocycles. The summed E-state index contributed by atoms with van der Waals surface area (Å²) in [5.74, 6) is -3.27. The Labute approximate surface area is 180 Å². The summed E-state index contributed by atoms with van der Waals surface area (Å²) in [6.45, 7) is 0. The van der Waals surface area contributed by atoms with Crippen molar-refractivity contribution in [1.82, 2.24) is 20.8 Å². The number of anilines is 2. The minimum Gasteiger partial charge on any atom is -0.849 e. The van der Waals surface area contributed by atoms with E-state index < -0.39 is 47.7 Å². The fraction of sp³-hybridized carbons (Fsp3) is 0.190. The number of amides is 1. The third-order valence-electron chi connectivity index (χ3n) is 5.03. The highest BCUT2D eigenvalue weighted by Gasteiger charge is 2.41. The lowest BCUT2D eigenvalue weighted by atomic mass is 9.78. The SMILES string of the molecule is O=C(NNC1C([O-])C(N(c2ccc(F)cc2)c2cc(F)cc(F)c2)C1[O-])c1ncccn1. The molecule has 2 aromatic carbocycles. The maximum Gasteiger partial charge on any atom is 0.303 e. The van der Waals surface area contributed by atoms with E-state index in [0.29, 0.717) is 6.07 Å². The first-order valence-electron chi connectivity index (χ1n) is 9.50. The lowest BCUT2D eigenvalue weighted by molar-refractivity contribution is -0.533. The summed E-state index contributed by atoms with van der Waals surface area (Å²) in [5, 5.41) is 25.8. The van der Waals surface area contributed by atoms with Gasteiger partial charge in [0.1, 0.15) is 17.5 Å². The van der Waals surface area contributed by atoms with Crippen molar-refractivity contribution in [3.63, 3.8) is 0 Å². The molecule has 3 aromatic rings. The average molecular weight is 443 g/mol. The number of halogens is 3. The number of hydrazine groups is 1. The van der Waals surface area contributed by atoms with Crippen molar-refractivity contribution in [2.24, 2.45) is 0 Å². The van der Waals surface area contributed by atoms with Crippen LogP contribution in [0.25, 0.3) is 0 Å². The van der Waals surface area contributed by atoms with Crippen LogP contribution in [0.15, 0.2) is 60.9 Å². The van der Waals surface area contributed by atoms with Crippen LogP contribution in [0.2, 0.25) is 0 Å². The predicted octanol–water partition coefficient (Wildman–Crippen LogP) is 0.175. The van der Waals surface area contributed by atoms with Crippen molar-refractivity contribution in [2.75, 3.05) is 4.90 Å². The number of carbonyl (C=O) groups excluding carboxylic acids is 1. The third kappa shape index (κ3) is 4.26. The number of hydrogen-bond acceptors (Lipinski definition) is 7. The Morgan fingerprint density at radius 2 is 1.47 bits per heavy atom. The zero-order chi connectivity index (χ0) is 22.8. The van der Waals surface area contributed by atoms with Gasteiger partial charge in [0.15, 0.2) is 0 Å². The summed E-state index contributed by atoms with van der Waals surface area (Å²) in [6, 6.07) is 6.42. The monoisotopic (exact) mass is 443 g/mol. The zero-order valence-corrected chi connectivity index (χ0v) is 16.3. The maximum atomic E-state index is 13.8. The number of rotatable bonds is 6. The molecular weight excluding hydrogens is 427 g/mol. The van der Waals surface area contributed by atoms with Gasteiger partial charge in [-0.2, -0.15) is 0 Å². The fourth-order valence-corrected chi connectivity index (χ4v) is 3.51. The zero-order valence-electron chi connectivity index (χ0n) is 16.3. The van der Waals surface area contributed by atoms with Crippen LogP contribution in [-0.4, -0.2) is 40.2 Å². The number of benzene rings is 2. The molecule has 0 spiro atoms. The molecule has 0 aliphatic heterocycles. The highest BCUT2D eigenvalue weighted by atomic mass is 19.1. The Morgan fingerprint density at radius 1 is 0.875 bits per heavy atom. The third-order valence-corrected chi connectivity index (χ3v) is 5.03. The van der Waals surface area contributed by atoms with Crippen LogP contribution in [0.5, 0.6) is 0 Å². The summed E-state index contributed by atoms with van der Waals surface area (Å²) in [4.78, 5) is 20.7. The van der Waals surface area contributed by atoms with E-state index in [-0.39, 0.29) is 17.2 Å². The Kier molecular flexibility index (Phi) is 6.04. The highest BCUT2D eigenvalue weighted by molar-refractivity contribution is 5.89. The van der Waals surface area contributed by atoms with Gasteiger partial charge in [-0.3, -0.25) is 10.2 Å². The van der Waals surface area contributed by atoms with Crippen LogP contribution >= 0.6 is 0 Å². The molecule has 4 rings (SSSR count). The van der Waals surface area contributed by atoms with Crippen LogP contribution in [0.3, 0.4) is 0 Å². The molecule has 0 radical (unpaired) electrons. The lowest BCUT2D eigenvalue weighted by Gasteiger charge is -2.64.